The third-order valence-corrected chi connectivity index (χ3v) is 5.36. The number of benzene rings is 2. The standard InChI is InChI=1S/C22H20N6O2/c1-26-10-11-27(21(29)14-26)16-6-8-17(9-7-16)28-13-20(24-25-28)18-12-15-4-2-3-5-19(15)23-22(18)30/h2-9,12-13H,10-11,14H2,1H3,(H,23,30). The van der Waals surface area contributed by atoms with Gasteiger partial charge in [-0.2, -0.15) is 0 Å². The van der Waals surface area contributed by atoms with Crippen molar-refractivity contribution in [1.82, 2.24) is 24.9 Å². The highest BCUT2D eigenvalue weighted by atomic mass is 16.2. The molecule has 1 N–H and O–H groups in total. The summed E-state index contributed by atoms with van der Waals surface area (Å²) in [5.74, 6) is 0.0927. The second kappa shape index (κ2) is 7.23. The van der Waals surface area contributed by atoms with Gasteiger partial charge in [0.25, 0.3) is 5.56 Å². The van der Waals surface area contributed by atoms with E-state index in [4.69, 9.17) is 0 Å². The van der Waals surface area contributed by atoms with Crippen LogP contribution in [0.2, 0.25) is 0 Å². The Balaban J connectivity index is 1.43. The van der Waals surface area contributed by atoms with Crippen molar-refractivity contribution in [2.75, 3.05) is 31.6 Å². The van der Waals surface area contributed by atoms with Crippen molar-refractivity contribution in [2.45, 2.75) is 0 Å². The number of anilines is 1. The molecule has 2 aromatic carbocycles. The van der Waals surface area contributed by atoms with E-state index in [-0.39, 0.29) is 11.5 Å². The van der Waals surface area contributed by atoms with Gasteiger partial charge in [0.05, 0.1) is 24.0 Å². The fourth-order valence-electron chi connectivity index (χ4n) is 3.70. The molecular formula is C22H20N6O2. The zero-order valence-corrected chi connectivity index (χ0v) is 16.4. The minimum Gasteiger partial charge on any atom is -0.321 e. The molecule has 0 spiro atoms. The molecule has 3 heterocycles. The van der Waals surface area contributed by atoms with Crippen LogP contribution < -0.4 is 10.5 Å². The highest BCUT2D eigenvalue weighted by Gasteiger charge is 2.22. The van der Waals surface area contributed by atoms with Crippen molar-refractivity contribution < 1.29 is 4.79 Å². The molecular weight excluding hydrogens is 380 g/mol. The largest absolute Gasteiger partial charge is 0.321 e. The minimum atomic E-state index is -0.204. The Morgan fingerprint density at radius 1 is 0.967 bits per heavy atom. The molecule has 5 rings (SSSR count). The van der Waals surface area contributed by atoms with Crippen molar-refractivity contribution >= 4 is 22.5 Å². The van der Waals surface area contributed by atoms with Gasteiger partial charge in [-0.25, -0.2) is 4.68 Å². The first-order valence-corrected chi connectivity index (χ1v) is 9.73. The van der Waals surface area contributed by atoms with E-state index in [0.717, 1.165) is 28.8 Å². The van der Waals surface area contributed by atoms with E-state index in [9.17, 15) is 9.59 Å². The molecule has 0 aliphatic carbocycles. The zero-order valence-electron chi connectivity index (χ0n) is 16.4. The van der Waals surface area contributed by atoms with Crippen molar-refractivity contribution in [3.8, 4) is 16.9 Å². The number of hydrogen-bond donors (Lipinski definition) is 1. The maximum atomic E-state index is 12.5. The average molecular weight is 400 g/mol. The average Bonchev–Trinajstić information content (AvgIpc) is 3.23. The summed E-state index contributed by atoms with van der Waals surface area (Å²) in [6.07, 6.45) is 1.73. The van der Waals surface area contributed by atoms with Crippen LogP contribution in [0.4, 0.5) is 5.69 Å². The molecule has 0 atom stereocenters. The fraction of sp³-hybridized carbons (Fsp3) is 0.182. The molecule has 8 nitrogen and oxygen atoms in total. The molecule has 0 radical (unpaired) electrons. The second-order valence-corrected chi connectivity index (χ2v) is 7.45. The summed E-state index contributed by atoms with van der Waals surface area (Å²) in [4.78, 5) is 31.4. The van der Waals surface area contributed by atoms with Crippen LogP contribution in [0, 0.1) is 0 Å². The predicted octanol–water partition coefficient (Wildman–Crippen LogP) is 2.05. The van der Waals surface area contributed by atoms with Gasteiger partial charge in [0, 0.05) is 24.3 Å². The van der Waals surface area contributed by atoms with Crippen LogP contribution in [-0.2, 0) is 4.79 Å². The first-order valence-electron chi connectivity index (χ1n) is 9.73. The molecule has 2 aromatic heterocycles. The lowest BCUT2D eigenvalue weighted by atomic mass is 10.1. The number of rotatable bonds is 3. The van der Waals surface area contributed by atoms with E-state index in [1.54, 1.807) is 15.8 Å². The summed E-state index contributed by atoms with van der Waals surface area (Å²) >= 11 is 0. The van der Waals surface area contributed by atoms with Gasteiger partial charge in [0.15, 0.2) is 0 Å². The Labute approximate surface area is 172 Å². The molecule has 1 amide bonds. The fourth-order valence-corrected chi connectivity index (χ4v) is 3.70. The Morgan fingerprint density at radius 2 is 1.73 bits per heavy atom. The van der Waals surface area contributed by atoms with Crippen LogP contribution in [0.1, 0.15) is 0 Å². The summed E-state index contributed by atoms with van der Waals surface area (Å²) in [5.41, 5.74) is 3.22. The predicted molar refractivity (Wildman–Crippen MR) is 115 cm³/mol. The number of carbonyl (C=O) groups is 1. The number of nitrogens with zero attached hydrogens (tertiary/aromatic N) is 5. The SMILES string of the molecule is CN1CCN(c2ccc(-n3cc(-c4cc5ccccc5[nH]c4=O)nn3)cc2)C(=O)C1. The molecule has 4 aromatic rings. The van der Waals surface area contributed by atoms with Gasteiger partial charge in [-0.3, -0.25) is 14.5 Å². The quantitative estimate of drug-likeness (QED) is 0.569. The van der Waals surface area contributed by atoms with Gasteiger partial charge in [-0.1, -0.05) is 23.4 Å². The number of piperazine rings is 1. The van der Waals surface area contributed by atoms with Crippen molar-refractivity contribution in [3.05, 3.63) is 71.1 Å². The minimum absolute atomic E-state index is 0.0927. The smallest absolute Gasteiger partial charge is 0.258 e. The van der Waals surface area contributed by atoms with E-state index in [2.05, 4.69) is 15.3 Å². The Morgan fingerprint density at radius 3 is 2.53 bits per heavy atom. The summed E-state index contributed by atoms with van der Waals surface area (Å²) in [5, 5.41) is 9.30. The first kappa shape index (κ1) is 18.3. The molecule has 1 aliphatic rings. The van der Waals surface area contributed by atoms with Gasteiger partial charge in [-0.15, -0.1) is 5.10 Å². The van der Waals surface area contributed by atoms with Gasteiger partial charge < -0.3 is 9.88 Å². The number of pyridine rings is 1. The molecule has 150 valence electrons. The summed E-state index contributed by atoms with van der Waals surface area (Å²) in [7, 11) is 1.95. The number of hydrogen-bond acceptors (Lipinski definition) is 5. The Bertz CT molecular complexity index is 1290. The summed E-state index contributed by atoms with van der Waals surface area (Å²) in [6, 6.07) is 17.0. The van der Waals surface area contributed by atoms with Gasteiger partial charge in [-0.05, 0) is 48.8 Å². The van der Waals surface area contributed by atoms with Gasteiger partial charge >= 0.3 is 0 Å². The third kappa shape index (κ3) is 3.27. The molecule has 0 bridgehead atoms. The lowest BCUT2D eigenvalue weighted by Gasteiger charge is -2.32. The topological polar surface area (TPSA) is 87.1 Å². The highest BCUT2D eigenvalue weighted by molar-refractivity contribution is 5.95. The normalized spacial score (nSPS) is 15.1. The molecule has 1 saturated heterocycles. The molecule has 0 saturated carbocycles. The number of aromatic amines is 1. The number of nitrogens with one attached hydrogen (secondary N) is 1. The lowest BCUT2D eigenvalue weighted by Crippen LogP contribution is -2.48. The van der Waals surface area contributed by atoms with Crippen molar-refractivity contribution in [2.24, 2.45) is 0 Å². The number of amides is 1. The molecule has 8 heteroatoms. The van der Waals surface area contributed by atoms with Crippen LogP contribution in [0.5, 0.6) is 0 Å². The maximum Gasteiger partial charge on any atom is 0.258 e. The zero-order chi connectivity index (χ0) is 20.7. The number of fused-ring (bicyclic) bond motifs is 1. The van der Waals surface area contributed by atoms with Gasteiger partial charge in [0.1, 0.15) is 5.69 Å². The highest BCUT2D eigenvalue weighted by Crippen LogP contribution is 2.21. The van der Waals surface area contributed by atoms with E-state index in [0.29, 0.717) is 24.3 Å². The third-order valence-electron chi connectivity index (χ3n) is 5.36. The van der Waals surface area contributed by atoms with E-state index >= 15 is 0 Å². The van der Waals surface area contributed by atoms with E-state index in [1.165, 1.54) is 0 Å². The number of H-pyrrole nitrogens is 1. The molecule has 0 unspecified atom stereocenters. The number of para-hydroxylation sites is 1. The van der Waals surface area contributed by atoms with Crippen LogP contribution in [0.15, 0.2) is 65.6 Å². The van der Waals surface area contributed by atoms with Gasteiger partial charge in [0.2, 0.25) is 5.91 Å². The number of likely N-dealkylation sites (N-methyl/N-ethyl adjacent to an activating group) is 1. The number of aromatic nitrogens is 4. The van der Waals surface area contributed by atoms with E-state index in [1.807, 2.05) is 66.5 Å². The second-order valence-electron chi connectivity index (χ2n) is 7.45. The van der Waals surface area contributed by atoms with Crippen LogP contribution >= 0.6 is 0 Å². The number of carbonyl (C=O) groups excluding carboxylic acids is 1. The van der Waals surface area contributed by atoms with Crippen LogP contribution in [-0.4, -0.2) is 57.5 Å². The Kier molecular flexibility index (Phi) is 4.40. The maximum absolute atomic E-state index is 12.5. The summed E-state index contributed by atoms with van der Waals surface area (Å²) < 4.78 is 1.62. The molecule has 30 heavy (non-hydrogen) atoms. The van der Waals surface area contributed by atoms with Crippen molar-refractivity contribution in [1.29, 1.82) is 0 Å². The van der Waals surface area contributed by atoms with Crippen LogP contribution in [0.25, 0.3) is 27.8 Å². The summed E-state index contributed by atoms with van der Waals surface area (Å²) in [6.45, 7) is 1.95. The molecule has 1 fully saturated rings. The van der Waals surface area contributed by atoms with Crippen LogP contribution in [0.3, 0.4) is 0 Å². The van der Waals surface area contributed by atoms with Crippen molar-refractivity contribution in [3.63, 3.8) is 0 Å². The molecule has 1 aliphatic heterocycles. The monoisotopic (exact) mass is 400 g/mol. The van der Waals surface area contributed by atoms with E-state index < -0.39 is 0 Å². The first-order chi connectivity index (χ1) is 14.6. The Hall–Kier alpha value is -3.78. The lowest BCUT2D eigenvalue weighted by molar-refractivity contribution is -0.120.